The Morgan fingerprint density at radius 3 is 2.47 bits per heavy atom. The zero-order valence-electron chi connectivity index (χ0n) is 19.4. The number of hydrogen-bond donors (Lipinski definition) is 1. The second-order valence-electron chi connectivity index (χ2n) is 8.44. The van der Waals surface area contributed by atoms with E-state index < -0.39 is 0 Å². The number of furan rings is 1. The van der Waals surface area contributed by atoms with Gasteiger partial charge in [0.1, 0.15) is 11.3 Å². The molecule has 0 atom stereocenters. The maximum atomic E-state index is 12.7. The van der Waals surface area contributed by atoms with Crippen molar-refractivity contribution in [3.63, 3.8) is 0 Å². The quantitative estimate of drug-likeness (QED) is 0.282. The number of amides is 1. The van der Waals surface area contributed by atoms with Gasteiger partial charge in [-0.05, 0) is 60.0 Å². The van der Waals surface area contributed by atoms with Crippen LogP contribution in [-0.4, -0.2) is 13.0 Å². The molecule has 0 aliphatic heterocycles. The van der Waals surface area contributed by atoms with Gasteiger partial charge in [-0.2, -0.15) is 0 Å². The van der Waals surface area contributed by atoms with Gasteiger partial charge < -0.3 is 14.5 Å². The number of nitrogens with one attached hydrogen (secondary N) is 1. The summed E-state index contributed by atoms with van der Waals surface area (Å²) in [5.74, 6) is 0.467. The number of anilines is 1. The Morgan fingerprint density at radius 2 is 1.71 bits per heavy atom. The average molecular weight is 448 g/mol. The first-order valence-corrected chi connectivity index (χ1v) is 11.2. The van der Waals surface area contributed by atoms with Crippen molar-refractivity contribution >= 4 is 38.9 Å². The molecule has 1 amide bonds. The van der Waals surface area contributed by atoms with Crippen LogP contribution in [0.25, 0.3) is 38.4 Å². The topological polar surface area (TPSA) is 51.5 Å². The molecule has 0 aliphatic carbocycles. The van der Waals surface area contributed by atoms with Crippen LogP contribution >= 0.6 is 0 Å². The van der Waals surface area contributed by atoms with Crippen LogP contribution in [0.5, 0.6) is 5.75 Å². The second-order valence-corrected chi connectivity index (χ2v) is 8.44. The predicted molar refractivity (Wildman–Crippen MR) is 139 cm³/mol. The van der Waals surface area contributed by atoms with Crippen molar-refractivity contribution in [3.05, 3.63) is 102 Å². The van der Waals surface area contributed by atoms with Crippen LogP contribution in [0.2, 0.25) is 0 Å². The van der Waals surface area contributed by atoms with Crippen molar-refractivity contribution in [2.45, 2.75) is 13.8 Å². The number of methoxy groups -OCH3 is 1. The predicted octanol–water partition coefficient (Wildman–Crippen LogP) is 7.61. The zero-order valence-corrected chi connectivity index (χ0v) is 19.4. The van der Waals surface area contributed by atoms with E-state index in [1.807, 2.05) is 62.4 Å². The van der Waals surface area contributed by atoms with Gasteiger partial charge >= 0.3 is 0 Å². The Morgan fingerprint density at radius 1 is 0.941 bits per heavy atom. The number of allylic oxidation sites excluding steroid dienone is 1. The lowest BCUT2D eigenvalue weighted by Crippen LogP contribution is -2.08. The normalized spacial score (nSPS) is 11.7. The Hall–Kier alpha value is -4.31. The van der Waals surface area contributed by atoms with E-state index in [2.05, 4.69) is 35.6 Å². The van der Waals surface area contributed by atoms with E-state index in [-0.39, 0.29) is 5.91 Å². The Kier molecular flexibility index (Phi) is 5.64. The van der Waals surface area contributed by atoms with Crippen molar-refractivity contribution in [2.24, 2.45) is 0 Å². The summed E-state index contributed by atoms with van der Waals surface area (Å²) in [5.41, 5.74) is 6.36. The SMILES string of the molecule is COc1cc2occ(-c3ccc4ccccc4c3)c2cc1/C(C)=C/C(=O)Nc1ccc(C)cc1. The molecule has 0 spiro atoms. The molecule has 1 heterocycles. The largest absolute Gasteiger partial charge is 0.496 e. The van der Waals surface area contributed by atoms with Gasteiger partial charge in [0, 0.05) is 34.3 Å². The van der Waals surface area contributed by atoms with E-state index in [4.69, 9.17) is 9.15 Å². The van der Waals surface area contributed by atoms with Gasteiger partial charge in [0.2, 0.25) is 5.91 Å². The van der Waals surface area contributed by atoms with E-state index in [9.17, 15) is 4.79 Å². The summed E-state index contributed by atoms with van der Waals surface area (Å²) < 4.78 is 11.5. The minimum Gasteiger partial charge on any atom is -0.496 e. The molecule has 1 N–H and O–H groups in total. The molecule has 34 heavy (non-hydrogen) atoms. The van der Waals surface area contributed by atoms with E-state index in [1.165, 1.54) is 10.8 Å². The lowest BCUT2D eigenvalue weighted by molar-refractivity contribution is -0.111. The maximum absolute atomic E-state index is 12.7. The van der Waals surface area contributed by atoms with E-state index in [1.54, 1.807) is 19.4 Å². The molecular formula is C30H25NO3. The van der Waals surface area contributed by atoms with Crippen LogP contribution in [0.3, 0.4) is 0 Å². The number of hydrogen-bond acceptors (Lipinski definition) is 3. The number of ether oxygens (including phenoxy) is 1. The van der Waals surface area contributed by atoms with E-state index >= 15 is 0 Å². The molecule has 0 saturated carbocycles. The Balaban J connectivity index is 1.53. The summed E-state index contributed by atoms with van der Waals surface area (Å²) in [6.07, 6.45) is 3.38. The van der Waals surface area contributed by atoms with Crippen LogP contribution < -0.4 is 10.1 Å². The van der Waals surface area contributed by atoms with Crippen molar-refractivity contribution in [1.29, 1.82) is 0 Å². The number of benzene rings is 4. The highest BCUT2D eigenvalue weighted by Crippen LogP contribution is 2.38. The monoisotopic (exact) mass is 447 g/mol. The number of fused-ring (bicyclic) bond motifs is 2. The van der Waals surface area contributed by atoms with Crippen LogP contribution in [-0.2, 0) is 4.79 Å². The number of carbonyl (C=O) groups excluding carboxylic acids is 1. The van der Waals surface area contributed by atoms with Crippen LogP contribution in [0.4, 0.5) is 5.69 Å². The Bertz CT molecular complexity index is 1540. The summed E-state index contributed by atoms with van der Waals surface area (Å²) in [7, 11) is 1.62. The number of carbonyl (C=O) groups is 1. The summed E-state index contributed by atoms with van der Waals surface area (Å²) in [6, 6.07) is 26.3. The third-order valence-corrected chi connectivity index (χ3v) is 6.05. The first kappa shape index (κ1) is 21.5. The van der Waals surface area contributed by atoms with Gasteiger partial charge in [0.05, 0.1) is 13.4 Å². The molecule has 168 valence electrons. The lowest BCUT2D eigenvalue weighted by atomic mass is 9.97. The highest BCUT2D eigenvalue weighted by atomic mass is 16.5. The molecule has 1 aromatic heterocycles. The standard InChI is InChI=1S/C30H25NO3/c1-19-8-12-24(13-9-19)31-30(32)14-20(2)25-16-26-27(18-34-29(26)17-28(25)33-3)23-11-10-21-6-4-5-7-22(21)15-23/h4-18H,1-3H3,(H,31,32)/b20-14+. The fraction of sp³-hybridized carbons (Fsp3) is 0.100. The molecular weight excluding hydrogens is 422 g/mol. The zero-order chi connectivity index (χ0) is 23.7. The first-order valence-electron chi connectivity index (χ1n) is 11.2. The second kappa shape index (κ2) is 8.91. The third-order valence-electron chi connectivity index (χ3n) is 6.05. The smallest absolute Gasteiger partial charge is 0.248 e. The van der Waals surface area contributed by atoms with Gasteiger partial charge in [-0.1, -0.05) is 54.1 Å². The minimum atomic E-state index is -0.189. The molecule has 5 rings (SSSR count). The highest BCUT2D eigenvalue weighted by molar-refractivity contribution is 6.05. The molecule has 0 aliphatic rings. The Labute approximate surface area is 198 Å². The van der Waals surface area contributed by atoms with Gasteiger partial charge in [0.25, 0.3) is 0 Å². The minimum absolute atomic E-state index is 0.189. The van der Waals surface area contributed by atoms with Crippen LogP contribution in [0.1, 0.15) is 18.1 Å². The van der Waals surface area contributed by atoms with Gasteiger partial charge in [-0.15, -0.1) is 0 Å². The van der Waals surface area contributed by atoms with E-state index in [0.29, 0.717) is 5.75 Å². The molecule has 0 fully saturated rings. The van der Waals surface area contributed by atoms with Gasteiger partial charge in [0.15, 0.2) is 0 Å². The molecule has 0 bridgehead atoms. The number of aryl methyl sites for hydroxylation is 1. The maximum Gasteiger partial charge on any atom is 0.248 e. The highest BCUT2D eigenvalue weighted by Gasteiger charge is 2.15. The summed E-state index contributed by atoms with van der Waals surface area (Å²) in [5, 5.41) is 6.26. The summed E-state index contributed by atoms with van der Waals surface area (Å²) in [6.45, 7) is 3.92. The molecule has 0 saturated heterocycles. The van der Waals surface area contributed by atoms with Gasteiger partial charge in [-0.3, -0.25) is 4.79 Å². The lowest BCUT2D eigenvalue weighted by Gasteiger charge is -2.10. The number of rotatable bonds is 5. The fourth-order valence-electron chi connectivity index (χ4n) is 4.20. The first-order chi connectivity index (χ1) is 16.5. The van der Waals surface area contributed by atoms with Crippen molar-refractivity contribution < 1.29 is 13.9 Å². The molecule has 5 aromatic rings. The summed E-state index contributed by atoms with van der Waals surface area (Å²) in [4.78, 5) is 12.7. The molecule has 4 nitrogen and oxygen atoms in total. The fourth-order valence-corrected chi connectivity index (χ4v) is 4.20. The van der Waals surface area contributed by atoms with Crippen molar-refractivity contribution in [2.75, 3.05) is 12.4 Å². The molecule has 4 heteroatoms. The molecule has 0 unspecified atom stereocenters. The van der Waals surface area contributed by atoms with Crippen molar-refractivity contribution in [1.82, 2.24) is 0 Å². The average Bonchev–Trinajstić information content (AvgIpc) is 3.27. The summed E-state index contributed by atoms with van der Waals surface area (Å²) >= 11 is 0. The molecule has 0 radical (unpaired) electrons. The molecule has 4 aromatic carbocycles. The van der Waals surface area contributed by atoms with E-state index in [0.717, 1.165) is 44.5 Å². The third kappa shape index (κ3) is 4.18. The van der Waals surface area contributed by atoms with Crippen molar-refractivity contribution in [3.8, 4) is 16.9 Å². The van der Waals surface area contributed by atoms with Crippen LogP contribution in [0.15, 0.2) is 95.6 Å². The van der Waals surface area contributed by atoms with Crippen LogP contribution in [0, 0.1) is 6.92 Å². The van der Waals surface area contributed by atoms with Gasteiger partial charge in [-0.25, -0.2) is 0 Å².